The van der Waals surface area contributed by atoms with Crippen LogP contribution in [0.25, 0.3) is 0 Å². The third-order valence-electron chi connectivity index (χ3n) is 3.30. The first-order valence-electron chi connectivity index (χ1n) is 7.54. The molecule has 0 aromatic rings. The molecule has 0 radical (unpaired) electrons. The van der Waals surface area contributed by atoms with Crippen LogP contribution in [0.4, 0.5) is 4.79 Å². The molecule has 0 rings (SSSR count). The Morgan fingerprint density at radius 2 is 1.87 bits per heavy atom. The van der Waals surface area contributed by atoms with Gasteiger partial charge in [-0.3, -0.25) is 9.59 Å². The van der Waals surface area contributed by atoms with Gasteiger partial charge in [-0.15, -0.1) is 0 Å². The summed E-state index contributed by atoms with van der Waals surface area (Å²) < 4.78 is 0. The van der Waals surface area contributed by atoms with E-state index < -0.39 is 30.0 Å². The molecule has 0 aliphatic carbocycles. The van der Waals surface area contributed by atoms with Gasteiger partial charge in [0.15, 0.2) is 0 Å². The van der Waals surface area contributed by atoms with Gasteiger partial charge in [-0.25, -0.2) is 9.59 Å². The minimum absolute atomic E-state index is 0.0228. The quantitative estimate of drug-likeness (QED) is 0.433. The molecule has 0 heterocycles. The van der Waals surface area contributed by atoms with E-state index in [-0.39, 0.29) is 19.0 Å². The molecule has 9 nitrogen and oxygen atoms in total. The van der Waals surface area contributed by atoms with Crippen LogP contribution in [0.1, 0.15) is 40.0 Å². The minimum Gasteiger partial charge on any atom is -0.480 e. The van der Waals surface area contributed by atoms with Crippen LogP contribution in [-0.4, -0.2) is 59.0 Å². The number of nitrogens with two attached hydrogens (primary N) is 1. The van der Waals surface area contributed by atoms with Crippen LogP contribution in [0.15, 0.2) is 0 Å². The Hall–Kier alpha value is -2.32. The lowest BCUT2D eigenvalue weighted by Crippen LogP contribution is -2.55. The molecule has 0 aliphatic heterocycles. The summed E-state index contributed by atoms with van der Waals surface area (Å²) in [5.41, 5.74) is 5.08. The first-order chi connectivity index (χ1) is 10.7. The van der Waals surface area contributed by atoms with Gasteiger partial charge in [-0.1, -0.05) is 19.8 Å². The van der Waals surface area contributed by atoms with Gasteiger partial charge in [0.25, 0.3) is 0 Å². The molecule has 2 atom stereocenters. The number of carbonyl (C=O) groups excluding carboxylic acids is 3. The highest BCUT2D eigenvalue weighted by Crippen LogP contribution is 2.08. The van der Waals surface area contributed by atoms with Crippen molar-refractivity contribution in [2.24, 2.45) is 5.73 Å². The Morgan fingerprint density at radius 3 is 2.30 bits per heavy atom. The molecule has 0 aliphatic rings. The lowest BCUT2D eigenvalue weighted by Gasteiger charge is -2.30. The van der Waals surface area contributed by atoms with E-state index >= 15 is 0 Å². The smallest absolute Gasteiger partial charge is 0.326 e. The molecular weight excluding hydrogens is 304 g/mol. The van der Waals surface area contributed by atoms with Crippen LogP contribution in [0.3, 0.4) is 0 Å². The van der Waals surface area contributed by atoms with Crippen LogP contribution in [-0.2, 0) is 14.4 Å². The molecule has 0 spiro atoms. The molecule has 0 saturated heterocycles. The second kappa shape index (κ2) is 10.4. The van der Waals surface area contributed by atoms with Crippen molar-refractivity contribution >= 4 is 23.8 Å². The monoisotopic (exact) mass is 330 g/mol. The average Bonchev–Trinajstić information content (AvgIpc) is 2.45. The second-order valence-electron chi connectivity index (χ2n) is 5.23. The second-order valence-corrected chi connectivity index (χ2v) is 5.23. The van der Waals surface area contributed by atoms with Crippen molar-refractivity contribution in [3.8, 4) is 0 Å². The number of amides is 4. The van der Waals surface area contributed by atoms with E-state index in [0.29, 0.717) is 12.8 Å². The van der Waals surface area contributed by atoms with Crippen LogP contribution in [0, 0.1) is 0 Å². The lowest BCUT2D eigenvalue weighted by molar-refractivity contribution is -0.150. The van der Waals surface area contributed by atoms with E-state index in [1.54, 1.807) is 0 Å². The number of aliphatic carboxylic acids is 1. The topological polar surface area (TPSA) is 142 Å². The Balaban J connectivity index is 5.11. The predicted octanol–water partition coefficient (Wildman–Crippen LogP) is -0.349. The number of carbonyl (C=O) groups is 4. The number of nitrogens with zero attached hydrogens (tertiary/aromatic N) is 1. The van der Waals surface area contributed by atoms with Gasteiger partial charge >= 0.3 is 12.0 Å². The summed E-state index contributed by atoms with van der Waals surface area (Å²) in [6, 6.07) is -2.81. The van der Waals surface area contributed by atoms with Gasteiger partial charge in [-0.2, -0.15) is 0 Å². The highest BCUT2D eigenvalue weighted by molar-refractivity contribution is 5.89. The van der Waals surface area contributed by atoms with Crippen molar-refractivity contribution in [1.29, 1.82) is 0 Å². The highest BCUT2D eigenvalue weighted by Gasteiger charge is 2.31. The summed E-state index contributed by atoms with van der Waals surface area (Å²) in [6.45, 7) is 4.77. The summed E-state index contributed by atoms with van der Waals surface area (Å²) in [5.74, 6) is -1.98. The zero-order chi connectivity index (χ0) is 18.0. The maximum absolute atomic E-state index is 12.6. The van der Waals surface area contributed by atoms with Crippen LogP contribution < -0.4 is 16.4 Å². The standard InChI is InChI=1S/C14H26N4O5/c1-4-5-6-11(17-14(15)23)12(20)18(9(2)13(21)22)8-7-16-10(3)19/h9,11H,4-8H2,1-3H3,(H,16,19)(H,21,22)(H3,15,17,23). The van der Waals surface area contributed by atoms with E-state index in [4.69, 9.17) is 10.8 Å². The zero-order valence-electron chi connectivity index (χ0n) is 13.8. The predicted molar refractivity (Wildman–Crippen MR) is 83.5 cm³/mol. The highest BCUT2D eigenvalue weighted by atomic mass is 16.4. The van der Waals surface area contributed by atoms with Gasteiger partial charge in [0.05, 0.1) is 0 Å². The molecule has 0 bridgehead atoms. The molecule has 5 N–H and O–H groups in total. The number of carboxylic acids is 1. The maximum Gasteiger partial charge on any atom is 0.326 e. The largest absolute Gasteiger partial charge is 0.480 e. The Morgan fingerprint density at radius 1 is 1.26 bits per heavy atom. The molecule has 0 aromatic heterocycles. The minimum atomic E-state index is -1.17. The van der Waals surface area contributed by atoms with Gasteiger partial charge in [0.1, 0.15) is 12.1 Å². The summed E-state index contributed by atoms with van der Waals surface area (Å²) in [5, 5.41) is 14.0. The third kappa shape index (κ3) is 8.03. The van der Waals surface area contributed by atoms with Crippen molar-refractivity contribution in [2.75, 3.05) is 13.1 Å². The average molecular weight is 330 g/mol. The normalized spacial score (nSPS) is 12.8. The molecule has 9 heteroatoms. The number of hydrogen-bond donors (Lipinski definition) is 4. The molecule has 2 unspecified atom stereocenters. The van der Waals surface area contributed by atoms with E-state index in [1.165, 1.54) is 13.8 Å². The number of nitrogens with one attached hydrogen (secondary N) is 2. The molecule has 0 fully saturated rings. The summed E-state index contributed by atoms with van der Waals surface area (Å²) in [7, 11) is 0. The molecule has 132 valence electrons. The van der Waals surface area contributed by atoms with Crippen molar-refractivity contribution in [3.05, 3.63) is 0 Å². The lowest BCUT2D eigenvalue weighted by atomic mass is 10.1. The number of carboxylic acid groups (broad SMARTS) is 1. The fourth-order valence-electron chi connectivity index (χ4n) is 2.02. The maximum atomic E-state index is 12.6. The van der Waals surface area contributed by atoms with Gasteiger partial charge in [0.2, 0.25) is 11.8 Å². The number of primary amides is 1. The molecule has 23 heavy (non-hydrogen) atoms. The summed E-state index contributed by atoms with van der Waals surface area (Å²) >= 11 is 0. The van der Waals surface area contributed by atoms with Crippen LogP contribution in [0.5, 0.6) is 0 Å². The molecular formula is C14H26N4O5. The van der Waals surface area contributed by atoms with Gasteiger partial charge in [0, 0.05) is 20.0 Å². The number of rotatable bonds is 10. The fourth-order valence-corrected chi connectivity index (χ4v) is 2.02. The first kappa shape index (κ1) is 20.7. The summed E-state index contributed by atoms with van der Waals surface area (Å²) in [6.07, 6.45) is 1.85. The Labute approximate surface area is 135 Å². The van der Waals surface area contributed by atoms with Gasteiger partial charge < -0.3 is 26.4 Å². The Kier molecular flexibility index (Phi) is 9.36. The van der Waals surface area contributed by atoms with E-state index in [0.717, 1.165) is 11.3 Å². The SMILES string of the molecule is CCCCC(NC(N)=O)C(=O)N(CCNC(C)=O)C(C)C(=O)O. The van der Waals surface area contributed by atoms with Crippen molar-refractivity contribution in [1.82, 2.24) is 15.5 Å². The molecule has 0 aromatic carbocycles. The van der Waals surface area contributed by atoms with Crippen LogP contribution in [0.2, 0.25) is 0 Å². The number of unbranched alkanes of at least 4 members (excludes halogenated alkanes) is 1. The molecule has 0 saturated carbocycles. The van der Waals surface area contributed by atoms with Gasteiger partial charge in [-0.05, 0) is 13.3 Å². The fraction of sp³-hybridized carbons (Fsp3) is 0.714. The van der Waals surface area contributed by atoms with E-state index in [9.17, 15) is 19.2 Å². The number of urea groups is 1. The zero-order valence-corrected chi connectivity index (χ0v) is 13.8. The molecule has 4 amide bonds. The van der Waals surface area contributed by atoms with Crippen LogP contribution >= 0.6 is 0 Å². The Bertz CT molecular complexity index is 441. The van der Waals surface area contributed by atoms with Crippen molar-refractivity contribution < 1.29 is 24.3 Å². The van der Waals surface area contributed by atoms with E-state index in [2.05, 4.69) is 10.6 Å². The van der Waals surface area contributed by atoms with Crippen molar-refractivity contribution in [3.63, 3.8) is 0 Å². The van der Waals surface area contributed by atoms with E-state index in [1.807, 2.05) is 6.92 Å². The van der Waals surface area contributed by atoms with Crippen molar-refractivity contribution in [2.45, 2.75) is 52.1 Å². The number of hydrogen-bond acceptors (Lipinski definition) is 4. The first-order valence-corrected chi connectivity index (χ1v) is 7.54. The third-order valence-corrected chi connectivity index (χ3v) is 3.30. The summed E-state index contributed by atoms with van der Waals surface area (Å²) in [4.78, 5) is 46.9.